The van der Waals surface area contributed by atoms with Crippen molar-refractivity contribution in [2.45, 2.75) is 23.8 Å². The maximum absolute atomic E-state index is 13.5. The summed E-state index contributed by atoms with van der Waals surface area (Å²) in [7, 11) is 0. The number of H-pyrrole nitrogens is 1. The highest BCUT2D eigenvalue weighted by molar-refractivity contribution is 7.98. The second kappa shape index (κ2) is 5.77. The molecule has 1 saturated carbocycles. The van der Waals surface area contributed by atoms with E-state index >= 15 is 0 Å². The molecule has 0 bridgehead atoms. The number of nitrogens with zero attached hydrogens (tertiary/aromatic N) is 3. The highest BCUT2D eigenvalue weighted by Gasteiger charge is 2.26. The van der Waals surface area contributed by atoms with E-state index in [4.69, 9.17) is 0 Å². The van der Waals surface area contributed by atoms with E-state index in [-0.39, 0.29) is 5.82 Å². The smallest absolute Gasteiger partial charge is 0.173 e. The molecule has 0 amide bonds. The Balaban J connectivity index is 1.62. The summed E-state index contributed by atoms with van der Waals surface area (Å²) >= 11 is 1.28. The molecule has 2 aromatic heterocycles. The summed E-state index contributed by atoms with van der Waals surface area (Å²) in [4.78, 5) is 16.2. The molecule has 4 rings (SSSR count). The van der Waals surface area contributed by atoms with Crippen LogP contribution >= 0.6 is 11.8 Å². The first kappa shape index (κ1) is 14.4. The number of imidazole rings is 1. The fourth-order valence-corrected chi connectivity index (χ4v) is 2.91. The maximum Gasteiger partial charge on any atom is 0.173 e. The lowest BCUT2D eigenvalue weighted by molar-refractivity contribution is 0.580. The number of thioether (sulfide) groups is 1. The number of rotatable bonds is 4. The van der Waals surface area contributed by atoms with Crippen molar-refractivity contribution in [2.75, 3.05) is 6.26 Å². The zero-order valence-corrected chi connectivity index (χ0v) is 13.4. The van der Waals surface area contributed by atoms with Crippen LogP contribution in [-0.4, -0.2) is 26.2 Å². The summed E-state index contributed by atoms with van der Waals surface area (Å²) in [6.07, 6.45) is 7.35. The van der Waals surface area contributed by atoms with E-state index in [2.05, 4.69) is 19.9 Å². The second-order valence-electron chi connectivity index (χ2n) is 5.58. The summed E-state index contributed by atoms with van der Waals surface area (Å²) < 4.78 is 13.5. The van der Waals surface area contributed by atoms with Gasteiger partial charge in [-0.25, -0.2) is 19.3 Å². The van der Waals surface area contributed by atoms with Crippen LogP contribution in [0.4, 0.5) is 4.39 Å². The third-order valence-electron chi connectivity index (χ3n) is 3.92. The molecule has 0 atom stereocenters. The number of benzene rings is 1. The van der Waals surface area contributed by atoms with Crippen molar-refractivity contribution in [3.05, 3.63) is 48.3 Å². The van der Waals surface area contributed by atoms with Crippen LogP contribution in [0.25, 0.3) is 22.6 Å². The molecule has 1 aromatic carbocycles. The molecular weight excluding hydrogens is 311 g/mol. The van der Waals surface area contributed by atoms with Gasteiger partial charge < -0.3 is 4.98 Å². The Kier molecular flexibility index (Phi) is 3.61. The van der Waals surface area contributed by atoms with E-state index in [0.29, 0.717) is 16.8 Å². The van der Waals surface area contributed by atoms with Crippen molar-refractivity contribution in [1.29, 1.82) is 0 Å². The standard InChI is InChI=1S/C17H15FN4S/c1-23-17-13(18)8-19-16(22-17)12-4-2-10(3-5-12)14-9-20-15(21-14)11-6-7-11/h2-5,8-9,11H,6-7H2,1H3,(H,20,21). The molecule has 1 N–H and O–H groups in total. The van der Waals surface area contributed by atoms with Crippen LogP contribution in [-0.2, 0) is 0 Å². The van der Waals surface area contributed by atoms with Crippen LogP contribution in [0, 0.1) is 5.82 Å². The van der Waals surface area contributed by atoms with E-state index in [1.807, 2.05) is 30.5 Å². The van der Waals surface area contributed by atoms with Crippen molar-refractivity contribution in [2.24, 2.45) is 0 Å². The predicted octanol–water partition coefficient (Wildman–Crippen LogP) is 4.27. The Morgan fingerprint density at radius 3 is 2.52 bits per heavy atom. The van der Waals surface area contributed by atoms with Crippen LogP contribution in [0.5, 0.6) is 0 Å². The largest absolute Gasteiger partial charge is 0.342 e. The maximum atomic E-state index is 13.5. The molecule has 0 unspecified atom stereocenters. The molecule has 1 fully saturated rings. The Labute approximate surface area is 137 Å². The van der Waals surface area contributed by atoms with E-state index < -0.39 is 0 Å². The third-order valence-corrected chi connectivity index (χ3v) is 4.59. The monoisotopic (exact) mass is 326 g/mol. The number of hydrogen-bond acceptors (Lipinski definition) is 4. The SMILES string of the molecule is CSc1nc(-c2ccc(-c3cnc(C4CC4)[nH]3)cc2)ncc1F. The van der Waals surface area contributed by atoms with Crippen LogP contribution in [0.2, 0.25) is 0 Å². The van der Waals surface area contributed by atoms with Crippen molar-refractivity contribution < 1.29 is 4.39 Å². The Morgan fingerprint density at radius 2 is 1.83 bits per heavy atom. The fourth-order valence-electron chi connectivity index (χ4n) is 2.48. The van der Waals surface area contributed by atoms with Crippen LogP contribution in [0.15, 0.2) is 41.7 Å². The van der Waals surface area contributed by atoms with Gasteiger partial charge in [0.15, 0.2) is 11.6 Å². The molecule has 0 aliphatic heterocycles. The molecule has 4 nitrogen and oxygen atoms in total. The van der Waals surface area contributed by atoms with E-state index in [1.165, 1.54) is 30.8 Å². The van der Waals surface area contributed by atoms with Gasteiger partial charge in [-0.15, -0.1) is 11.8 Å². The van der Waals surface area contributed by atoms with Crippen LogP contribution in [0.1, 0.15) is 24.6 Å². The lowest BCUT2D eigenvalue weighted by Gasteiger charge is -2.04. The Hall–Kier alpha value is -2.21. The van der Waals surface area contributed by atoms with Gasteiger partial charge >= 0.3 is 0 Å². The first-order chi connectivity index (χ1) is 11.2. The molecule has 6 heteroatoms. The summed E-state index contributed by atoms with van der Waals surface area (Å²) in [5, 5.41) is 0.363. The van der Waals surface area contributed by atoms with Gasteiger partial charge in [0, 0.05) is 11.5 Å². The van der Waals surface area contributed by atoms with Gasteiger partial charge in [-0.2, -0.15) is 0 Å². The van der Waals surface area contributed by atoms with E-state index in [9.17, 15) is 4.39 Å². The molecule has 0 saturated heterocycles. The van der Waals surface area contributed by atoms with Crippen molar-refractivity contribution in [1.82, 2.24) is 19.9 Å². The molecule has 1 aliphatic rings. The average Bonchev–Trinajstić information content (AvgIpc) is 3.33. The molecule has 0 radical (unpaired) electrons. The van der Waals surface area contributed by atoms with Gasteiger partial charge in [0.2, 0.25) is 0 Å². The second-order valence-corrected chi connectivity index (χ2v) is 6.38. The minimum atomic E-state index is -0.386. The van der Waals surface area contributed by atoms with Gasteiger partial charge in [-0.3, -0.25) is 0 Å². The van der Waals surface area contributed by atoms with Crippen LogP contribution in [0.3, 0.4) is 0 Å². The lowest BCUT2D eigenvalue weighted by Crippen LogP contribution is -1.94. The molecule has 116 valence electrons. The van der Waals surface area contributed by atoms with Gasteiger partial charge in [0.25, 0.3) is 0 Å². The highest BCUT2D eigenvalue weighted by Crippen LogP contribution is 2.38. The quantitative estimate of drug-likeness (QED) is 0.574. The highest BCUT2D eigenvalue weighted by atomic mass is 32.2. The Bertz CT molecular complexity index is 840. The predicted molar refractivity (Wildman–Crippen MR) is 88.8 cm³/mol. The fraction of sp³-hybridized carbons (Fsp3) is 0.235. The first-order valence-corrected chi connectivity index (χ1v) is 8.69. The lowest BCUT2D eigenvalue weighted by atomic mass is 10.1. The molecule has 2 heterocycles. The zero-order valence-electron chi connectivity index (χ0n) is 12.6. The molecule has 1 aliphatic carbocycles. The van der Waals surface area contributed by atoms with Crippen molar-refractivity contribution in [3.63, 3.8) is 0 Å². The molecule has 3 aromatic rings. The minimum absolute atomic E-state index is 0.363. The normalized spacial score (nSPS) is 14.2. The minimum Gasteiger partial charge on any atom is -0.342 e. The molecule has 23 heavy (non-hydrogen) atoms. The topological polar surface area (TPSA) is 54.5 Å². The number of aromatic amines is 1. The summed E-state index contributed by atoms with van der Waals surface area (Å²) in [6, 6.07) is 7.91. The van der Waals surface area contributed by atoms with Gasteiger partial charge in [0.1, 0.15) is 10.9 Å². The van der Waals surface area contributed by atoms with Gasteiger partial charge in [-0.05, 0) is 24.7 Å². The Morgan fingerprint density at radius 1 is 1.09 bits per heavy atom. The van der Waals surface area contributed by atoms with E-state index in [0.717, 1.165) is 22.6 Å². The number of halogens is 1. The summed E-state index contributed by atoms with van der Waals surface area (Å²) in [6.45, 7) is 0. The van der Waals surface area contributed by atoms with Gasteiger partial charge in [0.05, 0.1) is 18.1 Å². The summed E-state index contributed by atoms with van der Waals surface area (Å²) in [5.74, 6) is 1.84. The zero-order chi connectivity index (χ0) is 15.8. The van der Waals surface area contributed by atoms with Crippen LogP contribution < -0.4 is 0 Å². The average molecular weight is 326 g/mol. The number of nitrogens with one attached hydrogen (secondary N) is 1. The third kappa shape index (κ3) is 2.86. The van der Waals surface area contributed by atoms with Crippen molar-refractivity contribution >= 4 is 11.8 Å². The van der Waals surface area contributed by atoms with Gasteiger partial charge in [-0.1, -0.05) is 24.3 Å². The van der Waals surface area contributed by atoms with Crippen molar-refractivity contribution in [3.8, 4) is 22.6 Å². The first-order valence-electron chi connectivity index (χ1n) is 7.47. The van der Waals surface area contributed by atoms with E-state index in [1.54, 1.807) is 6.26 Å². The molecular formula is C17H15FN4S. The number of hydrogen-bond donors (Lipinski definition) is 1. The molecule has 0 spiro atoms. The number of aromatic nitrogens is 4. The summed E-state index contributed by atoms with van der Waals surface area (Å²) in [5.41, 5.74) is 2.95.